The van der Waals surface area contributed by atoms with E-state index in [4.69, 9.17) is 10.8 Å². The van der Waals surface area contributed by atoms with Gasteiger partial charge >= 0.3 is 5.97 Å². The lowest BCUT2D eigenvalue weighted by molar-refractivity contribution is 0.0690. The van der Waals surface area contributed by atoms with Gasteiger partial charge in [-0.15, -0.1) is 0 Å². The Kier molecular flexibility index (Phi) is 2.18. The number of nitrogens with one attached hydrogen (secondary N) is 1. The van der Waals surface area contributed by atoms with Crippen LogP contribution in [0.2, 0.25) is 0 Å². The van der Waals surface area contributed by atoms with Crippen LogP contribution in [-0.4, -0.2) is 22.6 Å². The summed E-state index contributed by atoms with van der Waals surface area (Å²) in [5, 5.41) is 11.9. The van der Waals surface area contributed by atoms with E-state index in [9.17, 15) is 4.79 Å². The third-order valence-electron chi connectivity index (χ3n) is 2.26. The summed E-state index contributed by atoms with van der Waals surface area (Å²) >= 11 is 0. The van der Waals surface area contributed by atoms with Gasteiger partial charge in [-0.2, -0.15) is 0 Å². The van der Waals surface area contributed by atoms with Gasteiger partial charge in [-0.1, -0.05) is 6.07 Å². The first-order chi connectivity index (χ1) is 6.68. The van der Waals surface area contributed by atoms with Gasteiger partial charge < -0.3 is 16.2 Å². The minimum absolute atomic E-state index is 0.0566. The molecule has 5 heteroatoms. The maximum absolute atomic E-state index is 10.7. The topological polar surface area (TPSA) is 88.2 Å². The van der Waals surface area contributed by atoms with Gasteiger partial charge in [-0.3, -0.25) is 0 Å². The molecule has 0 amide bonds. The fourth-order valence-electron chi connectivity index (χ4n) is 1.55. The zero-order chi connectivity index (χ0) is 10.1. The highest BCUT2D eigenvalue weighted by Crippen LogP contribution is 2.18. The van der Waals surface area contributed by atoms with E-state index >= 15 is 0 Å². The van der Waals surface area contributed by atoms with Crippen LogP contribution in [0.3, 0.4) is 0 Å². The summed E-state index contributed by atoms with van der Waals surface area (Å²) in [5.74, 6) is -1.02. The van der Waals surface area contributed by atoms with Gasteiger partial charge in [-0.25, -0.2) is 9.78 Å². The molecule has 1 aromatic rings. The van der Waals surface area contributed by atoms with Crippen molar-refractivity contribution in [3.05, 3.63) is 29.1 Å². The molecule has 0 saturated carbocycles. The average Bonchev–Trinajstić information content (AvgIpc) is 2.18. The van der Waals surface area contributed by atoms with Crippen LogP contribution in [-0.2, 0) is 6.54 Å². The second-order valence-electron chi connectivity index (χ2n) is 3.28. The van der Waals surface area contributed by atoms with E-state index < -0.39 is 5.97 Å². The van der Waals surface area contributed by atoms with E-state index in [-0.39, 0.29) is 11.7 Å². The highest BCUT2D eigenvalue weighted by atomic mass is 16.4. The number of carboxylic acid groups (broad SMARTS) is 1. The summed E-state index contributed by atoms with van der Waals surface area (Å²) in [4.78, 5) is 14.7. The molecule has 1 aliphatic rings. The molecule has 1 aromatic heterocycles. The summed E-state index contributed by atoms with van der Waals surface area (Å²) in [7, 11) is 0. The summed E-state index contributed by atoms with van der Waals surface area (Å²) in [5.41, 5.74) is 7.53. The molecule has 14 heavy (non-hydrogen) atoms. The molecule has 1 atom stereocenters. The fourth-order valence-corrected chi connectivity index (χ4v) is 1.55. The van der Waals surface area contributed by atoms with Gasteiger partial charge in [0.05, 0.1) is 11.7 Å². The van der Waals surface area contributed by atoms with Gasteiger partial charge in [0.25, 0.3) is 0 Å². The summed E-state index contributed by atoms with van der Waals surface area (Å²) in [6.45, 7) is 1.35. The van der Waals surface area contributed by atoms with Crippen LogP contribution < -0.4 is 11.1 Å². The van der Waals surface area contributed by atoms with Crippen LogP contribution in [0.15, 0.2) is 12.1 Å². The van der Waals surface area contributed by atoms with E-state index in [1.807, 2.05) is 0 Å². The maximum Gasteiger partial charge on any atom is 0.354 e. The summed E-state index contributed by atoms with van der Waals surface area (Å²) in [6, 6.07) is 3.05. The smallest absolute Gasteiger partial charge is 0.354 e. The van der Waals surface area contributed by atoms with Gasteiger partial charge in [0.1, 0.15) is 5.69 Å². The molecule has 1 unspecified atom stereocenters. The predicted octanol–water partition coefficient (Wildman–Crippen LogP) is -0.117. The molecule has 0 bridgehead atoms. The number of hydrogen-bond acceptors (Lipinski definition) is 4. The number of aromatic carboxylic acids is 1. The van der Waals surface area contributed by atoms with Crippen molar-refractivity contribution in [3.8, 4) is 0 Å². The lowest BCUT2D eigenvalue weighted by atomic mass is 10.0. The first-order valence-electron chi connectivity index (χ1n) is 4.38. The molecule has 0 aliphatic carbocycles. The van der Waals surface area contributed by atoms with Gasteiger partial charge in [0, 0.05) is 13.1 Å². The number of nitrogens with two attached hydrogens (primary N) is 1. The van der Waals surface area contributed by atoms with Crippen molar-refractivity contribution >= 4 is 5.97 Å². The zero-order valence-electron chi connectivity index (χ0n) is 7.53. The standard InChI is InChI=1S/C9H11N3O2/c10-6-4-11-3-5-1-2-7(9(13)14)12-8(5)6/h1-2,6,11H,3-4,10H2,(H,13,14). The van der Waals surface area contributed by atoms with Crippen LogP contribution in [0.25, 0.3) is 0 Å². The molecule has 0 aromatic carbocycles. The van der Waals surface area contributed by atoms with E-state index in [1.165, 1.54) is 6.07 Å². The fraction of sp³-hybridized carbons (Fsp3) is 0.333. The monoisotopic (exact) mass is 193 g/mol. The molecule has 5 nitrogen and oxygen atoms in total. The number of aromatic nitrogens is 1. The minimum Gasteiger partial charge on any atom is -0.477 e. The Labute approximate surface area is 81.0 Å². The number of fused-ring (bicyclic) bond motifs is 1. The van der Waals surface area contributed by atoms with Crippen molar-refractivity contribution in [2.75, 3.05) is 6.54 Å². The lowest BCUT2D eigenvalue weighted by Crippen LogP contribution is -2.34. The number of carboxylic acids is 1. The van der Waals surface area contributed by atoms with E-state index in [1.54, 1.807) is 6.07 Å². The lowest BCUT2D eigenvalue weighted by Gasteiger charge is -2.22. The normalized spacial score (nSPS) is 20.2. The van der Waals surface area contributed by atoms with Gasteiger partial charge in [0.2, 0.25) is 0 Å². The Morgan fingerprint density at radius 2 is 2.43 bits per heavy atom. The van der Waals surface area contributed by atoms with Crippen LogP contribution in [0.4, 0.5) is 0 Å². The van der Waals surface area contributed by atoms with Crippen LogP contribution in [0, 0.1) is 0 Å². The third-order valence-corrected chi connectivity index (χ3v) is 2.26. The molecule has 0 spiro atoms. The minimum atomic E-state index is -1.02. The van der Waals surface area contributed by atoms with Crippen molar-refractivity contribution in [2.24, 2.45) is 5.73 Å². The molecule has 0 saturated heterocycles. The Bertz CT molecular complexity index is 378. The number of rotatable bonds is 1. The number of carbonyl (C=O) groups is 1. The Morgan fingerprint density at radius 3 is 3.14 bits per heavy atom. The predicted molar refractivity (Wildman–Crippen MR) is 49.8 cm³/mol. The Hall–Kier alpha value is -1.46. The van der Waals surface area contributed by atoms with Crippen LogP contribution in [0.5, 0.6) is 0 Å². The Morgan fingerprint density at radius 1 is 1.64 bits per heavy atom. The zero-order valence-corrected chi connectivity index (χ0v) is 7.53. The van der Waals surface area contributed by atoms with Crippen molar-refractivity contribution in [3.63, 3.8) is 0 Å². The second kappa shape index (κ2) is 3.36. The van der Waals surface area contributed by atoms with Crippen molar-refractivity contribution in [1.82, 2.24) is 10.3 Å². The number of hydrogen-bond donors (Lipinski definition) is 3. The van der Waals surface area contributed by atoms with Crippen molar-refractivity contribution in [2.45, 2.75) is 12.6 Å². The van der Waals surface area contributed by atoms with Crippen LogP contribution in [0.1, 0.15) is 27.8 Å². The first-order valence-corrected chi connectivity index (χ1v) is 4.38. The molecule has 2 rings (SSSR count). The van der Waals surface area contributed by atoms with E-state index in [0.29, 0.717) is 18.8 Å². The molecule has 4 N–H and O–H groups in total. The highest BCUT2D eigenvalue weighted by Gasteiger charge is 2.19. The molecule has 0 radical (unpaired) electrons. The van der Waals surface area contributed by atoms with Crippen LogP contribution >= 0.6 is 0 Å². The number of nitrogens with zero attached hydrogens (tertiary/aromatic N) is 1. The molecule has 0 fully saturated rings. The van der Waals surface area contributed by atoms with Gasteiger partial charge in [0.15, 0.2) is 0 Å². The third kappa shape index (κ3) is 1.47. The largest absolute Gasteiger partial charge is 0.477 e. The average molecular weight is 193 g/mol. The van der Waals surface area contributed by atoms with Crippen molar-refractivity contribution < 1.29 is 9.90 Å². The maximum atomic E-state index is 10.7. The SMILES string of the molecule is NC1CNCc2ccc(C(=O)O)nc21. The quantitative estimate of drug-likeness (QED) is 0.578. The van der Waals surface area contributed by atoms with E-state index in [0.717, 1.165) is 5.56 Å². The summed E-state index contributed by atoms with van der Waals surface area (Å²) in [6.07, 6.45) is 0. The van der Waals surface area contributed by atoms with Crippen molar-refractivity contribution in [1.29, 1.82) is 0 Å². The number of pyridine rings is 1. The molecule has 74 valence electrons. The second-order valence-corrected chi connectivity index (χ2v) is 3.28. The Balaban J connectivity index is 2.45. The molecular formula is C9H11N3O2. The summed E-state index contributed by atoms with van der Waals surface area (Å²) < 4.78 is 0. The van der Waals surface area contributed by atoms with E-state index in [2.05, 4.69) is 10.3 Å². The molecule has 2 heterocycles. The molecule has 1 aliphatic heterocycles. The highest BCUT2D eigenvalue weighted by molar-refractivity contribution is 5.85. The van der Waals surface area contributed by atoms with Gasteiger partial charge in [-0.05, 0) is 11.6 Å². The first kappa shape index (κ1) is 9.11. The molecular weight excluding hydrogens is 182 g/mol.